The van der Waals surface area contributed by atoms with Gasteiger partial charge < -0.3 is 14.6 Å². The first-order chi connectivity index (χ1) is 11.1. The van der Waals surface area contributed by atoms with E-state index in [2.05, 4.69) is 39.3 Å². The fraction of sp³-hybridized carbons (Fsp3) is 0.588. The van der Waals surface area contributed by atoms with E-state index < -0.39 is 0 Å². The summed E-state index contributed by atoms with van der Waals surface area (Å²) in [5.74, 6) is 1.76. The number of aromatic amines is 1. The van der Waals surface area contributed by atoms with Gasteiger partial charge in [0.2, 0.25) is 0 Å². The summed E-state index contributed by atoms with van der Waals surface area (Å²) in [7, 11) is 2.19. The first kappa shape index (κ1) is 16.2. The van der Waals surface area contributed by atoms with Crippen molar-refractivity contribution < 1.29 is 4.42 Å². The average molecular weight is 317 g/mol. The number of nitrogens with zero attached hydrogens (tertiary/aromatic N) is 3. The van der Waals surface area contributed by atoms with Crippen molar-refractivity contribution in [1.29, 1.82) is 0 Å². The third kappa shape index (κ3) is 4.02. The van der Waals surface area contributed by atoms with Gasteiger partial charge >= 0.3 is 0 Å². The zero-order valence-electron chi connectivity index (χ0n) is 14.3. The van der Waals surface area contributed by atoms with Crippen molar-refractivity contribution >= 4 is 0 Å². The molecule has 0 aromatic carbocycles. The van der Waals surface area contributed by atoms with E-state index in [1.54, 1.807) is 0 Å². The normalized spacial score (nSPS) is 18.4. The van der Waals surface area contributed by atoms with Crippen LogP contribution >= 0.6 is 0 Å². The van der Waals surface area contributed by atoms with E-state index in [0.717, 1.165) is 62.0 Å². The Bertz CT molecular complexity index is 612. The Labute approximate surface area is 137 Å². The monoisotopic (exact) mass is 317 g/mol. The second-order valence-corrected chi connectivity index (χ2v) is 6.50. The van der Waals surface area contributed by atoms with Gasteiger partial charge in [-0.2, -0.15) is 5.10 Å². The lowest BCUT2D eigenvalue weighted by Crippen LogP contribution is -2.50. The van der Waals surface area contributed by atoms with Crippen LogP contribution in [0.4, 0.5) is 0 Å². The molecule has 2 N–H and O–H groups in total. The number of rotatable bonds is 6. The maximum Gasteiger partial charge on any atom is 0.152 e. The molecule has 23 heavy (non-hydrogen) atoms. The summed E-state index contributed by atoms with van der Waals surface area (Å²) in [6.07, 6.45) is 1.88. The Morgan fingerprint density at radius 3 is 2.78 bits per heavy atom. The van der Waals surface area contributed by atoms with E-state index in [-0.39, 0.29) is 0 Å². The fourth-order valence-electron chi connectivity index (χ4n) is 3.03. The Morgan fingerprint density at radius 2 is 2.09 bits per heavy atom. The predicted octanol–water partition coefficient (Wildman–Crippen LogP) is 1.70. The number of furan rings is 1. The molecule has 2 aromatic rings. The summed E-state index contributed by atoms with van der Waals surface area (Å²) >= 11 is 0. The summed E-state index contributed by atoms with van der Waals surface area (Å²) in [6.45, 7) is 10.7. The van der Waals surface area contributed by atoms with Crippen molar-refractivity contribution in [3.05, 3.63) is 29.7 Å². The van der Waals surface area contributed by atoms with Gasteiger partial charge in [-0.05, 0) is 33.0 Å². The summed E-state index contributed by atoms with van der Waals surface area (Å²) in [6, 6.07) is 4.51. The van der Waals surface area contributed by atoms with E-state index in [0.29, 0.717) is 6.04 Å². The number of H-pyrrole nitrogens is 1. The maximum atomic E-state index is 5.69. The Morgan fingerprint density at radius 1 is 1.30 bits per heavy atom. The number of piperazine rings is 1. The zero-order chi connectivity index (χ0) is 16.2. The minimum absolute atomic E-state index is 0.546. The van der Waals surface area contributed by atoms with Crippen molar-refractivity contribution in [2.75, 3.05) is 39.8 Å². The van der Waals surface area contributed by atoms with Gasteiger partial charge in [0.1, 0.15) is 11.5 Å². The van der Waals surface area contributed by atoms with Crippen molar-refractivity contribution in [2.45, 2.75) is 26.4 Å². The lowest BCUT2D eigenvalue weighted by atomic mass is 10.2. The highest BCUT2D eigenvalue weighted by Crippen LogP contribution is 2.23. The van der Waals surface area contributed by atoms with Crippen LogP contribution in [-0.2, 0) is 6.54 Å². The van der Waals surface area contributed by atoms with Crippen molar-refractivity contribution in [3.8, 4) is 11.5 Å². The van der Waals surface area contributed by atoms with E-state index in [1.165, 1.54) is 0 Å². The second-order valence-electron chi connectivity index (χ2n) is 6.50. The second kappa shape index (κ2) is 7.29. The lowest BCUT2D eigenvalue weighted by Gasteiger charge is -2.36. The van der Waals surface area contributed by atoms with E-state index in [9.17, 15) is 0 Å². The van der Waals surface area contributed by atoms with Crippen molar-refractivity contribution in [1.82, 2.24) is 25.3 Å². The van der Waals surface area contributed by atoms with Gasteiger partial charge in [-0.1, -0.05) is 0 Å². The molecule has 1 aliphatic rings. The molecule has 0 radical (unpaired) electrons. The number of hydrogen-bond donors (Lipinski definition) is 2. The fourth-order valence-corrected chi connectivity index (χ4v) is 3.03. The molecule has 6 heteroatoms. The highest BCUT2D eigenvalue weighted by Gasteiger charge is 2.19. The molecule has 1 unspecified atom stereocenters. The minimum atomic E-state index is 0.546. The topological polar surface area (TPSA) is 60.3 Å². The molecule has 1 saturated heterocycles. The maximum absolute atomic E-state index is 5.69. The number of nitrogens with one attached hydrogen (secondary N) is 2. The Hall–Kier alpha value is -1.63. The SMILES string of the molecule is Cc1ccc(-c2[nH]ncc2CNCC(C)N2CCN(C)CC2)o1. The van der Waals surface area contributed by atoms with Gasteiger partial charge in [0, 0.05) is 50.9 Å². The van der Waals surface area contributed by atoms with Gasteiger partial charge in [-0.15, -0.1) is 0 Å². The molecule has 1 fully saturated rings. The molecular weight excluding hydrogens is 290 g/mol. The summed E-state index contributed by atoms with van der Waals surface area (Å²) in [5, 5.41) is 10.8. The van der Waals surface area contributed by atoms with Crippen LogP contribution < -0.4 is 5.32 Å². The summed E-state index contributed by atoms with van der Waals surface area (Å²) in [4.78, 5) is 4.94. The zero-order valence-corrected chi connectivity index (χ0v) is 14.3. The van der Waals surface area contributed by atoms with E-state index in [4.69, 9.17) is 4.42 Å². The van der Waals surface area contributed by atoms with Gasteiger partial charge in [-0.3, -0.25) is 10.00 Å². The quantitative estimate of drug-likeness (QED) is 0.849. The molecule has 3 rings (SSSR count). The first-order valence-electron chi connectivity index (χ1n) is 8.36. The van der Waals surface area contributed by atoms with Crippen LogP contribution in [0.2, 0.25) is 0 Å². The Kier molecular flexibility index (Phi) is 5.15. The van der Waals surface area contributed by atoms with Gasteiger partial charge in [-0.25, -0.2) is 0 Å². The van der Waals surface area contributed by atoms with Gasteiger partial charge in [0.15, 0.2) is 5.76 Å². The number of aromatic nitrogens is 2. The molecule has 3 heterocycles. The highest BCUT2D eigenvalue weighted by atomic mass is 16.3. The predicted molar refractivity (Wildman–Crippen MR) is 91.3 cm³/mol. The van der Waals surface area contributed by atoms with Crippen LogP contribution in [0.3, 0.4) is 0 Å². The third-order valence-electron chi connectivity index (χ3n) is 4.62. The standard InChI is InChI=1S/C17H27N5O/c1-13(22-8-6-21(3)7-9-22)10-18-11-15-12-19-20-17(15)16-5-4-14(2)23-16/h4-5,12-13,18H,6-11H2,1-3H3,(H,19,20). The van der Waals surface area contributed by atoms with Crippen LogP contribution in [0, 0.1) is 6.92 Å². The molecule has 1 aliphatic heterocycles. The molecule has 2 aromatic heterocycles. The molecular formula is C17H27N5O. The van der Waals surface area contributed by atoms with Crippen molar-refractivity contribution in [2.24, 2.45) is 0 Å². The van der Waals surface area contributed by atoms with Gasteiger partial charge in [0.25, 0.3) is 0 Å². The van der Waals surface area contributed by atoms with Crippen LogP contribution in [0.25, 0.3) is 11.5 Å². The van der Waals surface area contributed by atoms with Crippen LogP contribution in [0.1, 0.15) is 18.2 Å². The van der Waals surface area contributed by atoms with Crippen LogP contribution in [0.15, 0.2) is 22.7 Å². The lowest BCUT2D eigenvalue weighted by molar-refractivity contribution is 0.118. The molecule has 0 spiro atoms. The molecule has 126 valence electrons. The average Bonchev–Trinajstić information content (AvgIpc) is 3.16. The molecule has 0 amide bonds. The minimum Gasteiger partial charge on any atom is -0.460 e. The number of aryl methyl sites for hydroxylation is 1. The number of hydrogen-bond acceptors (Lipinski definition) is 5. The molecule has 0 saturated carbocycles. The highest BCUT2D eigenvalue weighted by molar-refractivity contribution is 5.56. The number of likely N-dealkylation sites (N-methyl/N-ethyl adjacent to an activating group) is 1. The molecule has 0 bridgehead atoms. The smallest absolute Gasteiger partial charge is 0.152 e. The first-order valence-corrected chi connectivity index (χ1v) is 8.36. The van der Waals surface area contributed by atoms with Crippen LogP contribution in [0.5, 0.6) is 0 Å². The summed E-state index contributed by atoms with van der Waals surface area (Å²) < 4.78 is 5.69. The van der Waals surface area contributed by atoms with Gasteiger partial charge in [0.05, 0.1) is 6.20 Å². The largest absolute Gasteiger partial charge is 0.460 e. The third-order valence-corrected chi connectivity index (χ3v) is 4.62. The molecule has 6 nitrogen and oxygen atoms in total. The van der Waals surface area contributed by atoms with E-state index in [1.807, 2.05) is 25.3 Å². The van der Waals surface area contributed by atoms with E-state index >= 15 is 0 Å². The molecule has 0 aliphatic carbocycles. The van der Waals surface area contributed by atoms with Crippen LogP contribution in [-0.4, -0.2) is 65.8 Å². The Balaban J connectivity index is 1.50. The summed E-state index contributed by atoms with van der Waals surface area (Å²) in [5.41, 5.74) is 2.11. The molecule has 1 atom stereocenters. The van der Waals surface area contributed by atoms with Crippen molar-refractivity contribution in [3.63, 3.8) is 0 Å².